The first-order valence-corrected chi connectivity index (χ1v) is 22.8. The van der Waals surface area contributed by atoms with Gasteiger partial charge in [0.2, 0.25) is 5.36 Å². The van der Waals surface area contributed by atoms with E-state index in [1.165, 1.54) is 25.3 Å². The molecule has 14 heteroatoms. The zero-order valence-corrected chi connectivity index (χ0v) is 37.8. The molecule has 1 fully saturated rings. The van der Waals surface area contributed by atoms with E-state index in [2.05, 4.69) is 25.9 Å². The SMILES string of the molecule is CN(C)c1ccc2c(-c3ccc(C(=O)NCCCCCCn4cc(COc5ccc6[nH]c(C(=O)NC7CCCCCCC7)cc6c5)nn4)cc3C(=O)O)c3ccc(=[N+](C)C)cc-3oc2c1. The summed E-state index contributed by atoms with van der Waals surface area (Å²) in [5.74, 6) is -0.181. The lowest BCUT2D eigenvalue weighted by Gasteiger charge is -2.20. The Labute approximate surface area is 378 Å². The molecule has 1 aliphatic heterocycles. The van der Waals surface area contributed by atoms with Crippen LogP contribution in [0.1, 0.15) is 108 Å². The molecule has 14 nitrogen and oxygen atoms in total. The second-order valence-corrected chi connectivity index (χ2v) is 17.6. The van der Waals surface area contributed by atoms with E-state index in [1.807, 2.05) is 109 Å². The van der Waals surface area contributed by atoms with Gasteiger partial charge in [-0.2, -0.15) is 0 Å². The van der Waals surface area contributed by atoms with Crippen molar-refractivity contribution in [2.24, 2.45) is 0 Å². The van der Waals surface area contributed by atoms with Gasteiger partial charge in [-0.15, -0.1) is 5.10 Å². The molecule has 65 heavy (non-hydrogen) atoms. The highest BCUT2D eigenvalue weighted by molar-refractivity contribution is 6.09. The molecule has 2 aliphatic carbocycles. The van der Waals surface area contributed by atoms with Crippen LogP contribution >= 0.6 is 0 Å². The number of benzene rings is 4. The molecule has 3 aliphatic rings. The van der Waals surface area contributed by atoms with Gasteiger partial charge < -0.3 is 34.8 Å². The first-order valence-electron chi connectivity index (χ1n) is 22.8. The van der Waals surface area contributed by atoms with E-state index in [-0.39, 0.29) is 35.6 Å². The first kappa shape index (κ1) is 44.6. The summed E-state index contributed by atoms with van der Waals surface area (Å²) in [4.78, 5) is 44.4. The number of unbranched alkanes of at least 4 members (excludes halogenated alkanes) is 3. The molecule has 0 bridgehead atoms. The Morgan fingerprint density at radius 2 is 1.66 bits per heavy atom. The highest BCUT2D eigenvalue weighted by atomic mass is 16.5. The van der Waals surface area contributed by atoms with Crippen molar-refractivity contribution in [3.05, 3.63) is 113 Å². The Hall–Kier alpha value is -6.96. The lowest BCUT2D eigenvalue weighted by molar-refractivity contribution is 0.0697. The molecular weight excluding hydrogens is 821 g/mol. The molecule has 0 atom stereocenters. The number of hydrogen-bond donors (Lipinski definition) is 4. The van der Waals surface area contributed by atoms with Crippen LogP contribution in [-0.4, -0.2) is 83.6 Å². The lowest BCUT2D eigenvalue weighted by atomic mass is 9.89. The fourth-order valence-corrected chi connectivity index (χ4v) is 8.71. The second-order valence-electron chi connectivity index (χ2n) is 17.6. The minimum atomic E-state index is -1.12. The largest absolute Gasteiger partial charge is 0.487 e. The van der Waals surface area contributed by atoms with Crippen molar-refractivity contribution >= 4 is 45.3 Å². The summed E-state index contributed by atoms with van der Waals surface area (Å²) in [5, 5.41) is 27.9. The maximum absolute atomic E-state index is 13.3. The number of nitrogens with zero attached hydrogens (tertiary/aromatic N) is 5. The third-order valence-corrected chi connectivity index (χ3v) is 12.4. The minimum absolute atomic E-state index is 0.0385. The predicted octanol–water partition coefficient (Wildman–Crippen LogP) is 8.49. The number of H-pyrrole nitrogens is 1. The molecule has 338 valence electrons. The number of amides is 2. The summed E-state index contributed by atoms with van der Waals surface area (Å²) in [6.07, 6.45) is 13.6. The van der Waals surface area contributed by atoms with E-state index < -0.39 is 5.97 Å². The quantitative estimate of drug-likeness (QED) is 0.0422. The molecule has 2 amide bonds. The van der Waals surface area contributed by atoms with E-state index in [1.54, 1.807) is 12.1 Å². The number of aromatic amines is 1. The number of hydrogen-bond acceptors (Lipinski definition) is 8. The molecule has 5 aromatic rings. The van der Waals surface area contributed by atoms with Crippen LogP contribution in [0.5, 0.6) is 5.75 Å². The molecule has 3 heterocycles. The number of rotatable bonds is 16. The zero-order chi connectivity index (χ0) is 45.5. The molecule has 0 unspecified atom stereocenters. The van der Waals surface area contributed by atoms with Gasteiger partial charge in [-0.05, 0) is 85.8 Å². The predicted molar refractivity (Wildman–Crippen MR) is 254 cm³/mol. The van der Waals surface area contributed by atoms with Gasteiger partial charge in [-0.1, -0.05) is 56.2 Å². The Bertz CT molecular complexity index is 2860. The van der Waals surface area contributed by atoms with Crippen LogP contribution in [-0.2, 0) is 13.2 Å². The van der Waals surface area contributed by atoms with Gasteiger partial charge in [0.05, 0.1) is 17.8 Å². The number of anilines is 1. The van der Waals surface area contributed by atoms with Crippen molar-refractivity contribution in [1.82, 2.24) is 35.2 Å². The van der Waals surface area contributed by atoms with Crippen LogP contribution in [0.15, 0.2) is 89.5 Å². The summed E-state index contributed by atoms with van der Waals surface area (Å²) in [5.41, 5.74) is 6.09. The van der Waals surface area contributed by atoms with Gasteiger partial charge in [0.25, 0.3) is 11.8 Å². The Morgan fingerprint density at radius 1 is 0.877 bits per heavy atom. The van der Waals surface area contributed by atoms with Gasteiger partial charge >= 0.3 is 5.97 Å². The van der Waals surface area contributed by atoms with E-state index in [4.69, 9.17) is 9.15 Å². The van der Waals surface area contributed by atoms with E-state index in [9.17, 15) is 19.5 Å². The smallest absolute Gasteiger partial charge is 0.336 e. The Morgan fingerprint density at radius 3 is 2.45 bits per heavy atom. The van der Waals surface area contributed by atoms with Crippen LogP contribution in [0.4, 0.5) is 5.69 Å². The number of fused-ring (bicyclic) bond motifs is 3. The molecule has 8 rings (SSSR count). The summed E-state index contributed by atoms with van der Waals surface area (Å²) >= 11 is 0. The van der Waals surface area contributed by atoms with Crippen molar-refractivity contribution in [1.29, 1.82) is 0 Å². The molecule has 3 aromatic carbocycles. The van der Waals surface area contributed by atoms with Crippen LogP contribution in [0, 0.1) is 0 Å². The summed E-state index contributed by atoms with van der Waals surface area (Å²) in [6.45, 7) is 1.45. The van der Waals surface area contributed by atoms with Crippen molar-refractivity contribution in [3.8, 4) is 28.2 Å². The van der Waals surface area contributed by atoms with Crippen LogP contribution in [0.25, 0.3) is 44.3 Å². The number of nitrogens with one attached hydrogen (secondary N) is 3. The van der Waals surface area contributed by atoms with Gasteiger partial charge in [0.15, 0.2) is 0 Å². The molecule has 4 N–H and O–H groups in total. The average molecular weight is 880 g/mol. The number of carbonyl (C=O) groups is 3. The Kier molecular flexibility index (Phi) is 13.9. The number of aromatic carboxylic acids is 1. The molecule has 0 radical (unpaired) electrons. The third-order valence-electron chi connectivity index (χ3n) is 12.4. The number of aryl methyl sites for hydroxylation is 1. The topological polar surface area (TPSA) is 171 Å². The average Bonchev–Trinajstić information content (AvgIpc) is 3.94. The monoisotopic (exact) mass is 879 g/mol. The standard InChI is InChI=1S/C51H58N8O6/c1-57(2)37-17-21-41-46(29-37)65-47-30-38(58(3)4)18-22-42(47)48(41)40-20-16-33(27-43(40)51(62)63)49(60)52-24-12-8-9-13-25-59-31-36(55-56-59)32-64-39-19-23-44-34(26-39)28-45(54-44)50(61)53-35-14-10-6-5-7-11-15-35/h16-23,26-31,35H,5-15,24-25,32H2,1-4H3,(H3-,52,53,54,60,61,62,63)/p+1. The summed E-state index contributed by atoms with van der Waals surface area (Å²) in [6, 6.07) is 24.5. The Balaban J connectivity index is 0.809. The highest BCUT2D eigenvalue weighted by Crippen LogP contribution is 2.42. The molecule has 0 saturated heterocycles. The number of carbonyl (C=O) groups excluding carboxylic acids is 2. The summed E-state index contributed by atoms with van der Waals surface area (Å²) in [7, 11) is 7.83. The van der Waals surface area contributed by atoms with Gasteiger partial charge in [-0.25, -0.2) is 9.37 Å². The molecular formula is C51H59N8O6+. The zero-order valence-electron chi connectivity index (χ0n) is 37.8. The highest BCUT2D eigenvalue weighted by Gasteiger charge is 2.24. The number of carboxylic acid groups (broad SMARTS) is 1. The summed E-state index contributed by atoms with van der Waals surface area (Å²) < 4.78 is 16.3. The maximum atomic E-state index is 13.3. The fraction of sp³-hybridized carbons (Fsp3) is 0.373. The number of aromatic nitrogens is 4. The van der Waals surface area contributed by atoms with Gasteiger partial charge in [0, 0.05) is 84.0 Å². The number of carboxylic acids is 1. The van der Waals surface area contributed by atoms with Crippen molar-refractivity contribution in [2.45, 2.75) is 89.8 Å². The third kappa shape index (κ3) is 10.7. The lowest BCUT2D eigenvalue weighted by Crippen LogP contribution is -2.35. The normalized spacial score (nSPS) is 13.4. The van der Waals surface area contributed by atoms with Crippen LogP contribution in [0.3, 0.4) is 0 Å². The van der Waals surface area contributed by atoms with Gasteiger partial charge in [-0.3, -0.25) is 14.3 Å². The van der Waals surface area contributed by atoms with E-state index in [0.29, 0.717) is 41.4 Å². The van der Waals surface area contributed by atoms with E-state index >= 15 is 0 Å². The van der Waals surface area contributed by atoms with Crippen molar-refractivity contribution < 1.29 is 28.6 Å². The fourth-order valence-electron chi connectivity index (χ4n) is 8.71. The molecule has 0 spiro atoms. The number of ether oxygens (including phenoxy) is 1. The van der Waals surface area contributed by atoms with E-state index in [0.717, 1.165) is 95.5 Å². The maximum Gasteiger partial charge on any atom is 0.336 e. The van der Waals surface area contributed by atoms with Crippen LogP contribution in [0.2, 0.25) is 0 Å². The molecule has 1 saturated carbocycles. The second kappa shape index (κ2) is 20.3. The molecule has 2 aromatic heterocycles. The van der Waals surface area contributed by atoms with Crippen LogP contribution < -0.4 is 30.2 Å². The van der Waals surface area contributed by atoms with Crippen molar-refractivity contribution in [2.75, 3.05) is 39.6 Å². The first-order chi connectivity index (χ1) is 31.5. The minimum Gasteiger partial charge on any atom is -0.487 e. The van der Waals surface area contributed by atoms with Gasteiger partial charge in [0.1, 0.15) is 49.2 Å². The van der Waals surface area contributed by atoms with Crippen molar-refractivity contribution in [3.63, 3.8) is 0 Å².